The third-order valence-electron chi connectivity index (χ3n) is 3.75. The van der Waals surface area contributed by atoms with E-state index in [0.717, 1.165) is 18.0 Å². The summed E-state index contributed by atoms with van der Waals surface area (Å²) in [5.41, 5.74) is 0.784. The summed E-state index contributed by atoms with van der Waals surface area (Å²) in [4.78, 5) is 11.9. The summed E-state index contributed by atoms with van der Waals surface area (Å²) in [6.45, 7) is 10.1. The summed E-state index contributed by atoms with van der Waals surface area (Å²) in [7, 11) is 1.62. The van der Waals surface area contributed by atoms with Gasteiger partial charge in [0.1, 0.15) is 5.75 Å². The van der Waals surface area contributed by atoms with Gasteiger partial charge in [-0.15, -0.1) is 0 Å². The molecule has 0 aliphatic rings. The average Bonchev–Trinajstić information content (AvgIpc) is 2.43. The maximum absolute atomic E-state index is 11.9. The van der Waals surface area contributed by atoms with Crippen LogP contribution in [-0.4, -0.2) is 26.1 Å². The molecular weight excluding hydrogens is 264 g/mol. The van der Waals surface area contributed by atoms with E-state index in [0.29, 0.717) is 24.3 Å². The number of methoxy groups -OCH3 is 1. The fraction of sp³-hybridized carbons (Fsp3) is 0.588. The van der Waals surface area contributed by atoms with Crippen molar-refractivity contribution in [1.29, 1.82) is 0 Å². The lowest BCUT2D eigenvalue weighted by atomic mass is 9.85. The minimum absolute atomic E-state index is 0.0218. The molecule has 21 heavy (non-hydrogen) atoms. The number of hydrogen-bond donors (Lipinski definition) is 2. The van der Waals surface area contributed by atoms with E-state index in [9.17, 15) is 4.79 Å². The first-order valence-corrected chi connectivity index (χ1v) is 7.58. The lowest BCUT2D eigenvalue weighted by Gasteiger charge is -2.25. The summed E-state index contributed by atoms with van der Waals surface area (Å²) in [5.74, 6) is 2.57. The molecule has 0 saturated heterocycles. The van der Waals surface area contributed by atoms with Crippen LogP contribution < -0.4 is 15.4 Å². The largest absolute Gasteiger partial charge is 0.497 e. The molecule has 0 heterocycles. The number of carbonyl (C=O) groups is 1. The number of rotatable bonds is 8. The second-order valence-electron chi connectivity index (χ2n) is 6.06. The second-order valence-corrected chi connectivity index (χ2v) is 6.06. The third kappa shape index (κ3) is 6.17. The number of benzene rings is 1. The number of hydrogen-bond acceptors (Lipinski definition) is 3. The van der Waals surface area contributed by atoms with Gasteiger partial charge in [0, 0.05) is 5.69 Å². The van der Waals surface area contributed by atoms with Crippen LogP contribution in [0.15, 0.2) is 24.3 Å². The van der Waals surface area contributed by atoms with Gasteiger partial charge < -0.3 is 15.4 Å². The molecule has 0 atom stereocenters. The van der Waals surface area contributed by atoms with Gasteiger partial charge in [0.15, 0.2) is 0 Å². The Labute approximate surface area is 128 Å². The second kappa shape index (κ2) is 8.67. The van der Waals surface area contributed by atoms with Crippen LogP contribution in [0.25, 0.3) is 0 Å². The molecule has 1 rings (SSSR count). The van der Waals surface area contributed by atoms with Crippen molar-refractivity contribution in [2.45, 2.75) is 27.7 Å². The molecule has 0 radical (unpaired) electrons. The summed E-state index contributed by atoms with van der Waals surface area (Å²) >= 11 is 0. The number of anilines is 1. The zero-order chi connectivity index (χ0) is 15.8. The Balaban J connectivity index is 2.36. The summed E-state index contributed by atoms with van der Waals surface area (Å²) < 4.78 is 5.09. The van der Waals surface area contributed by atoms with Crippen LogP contribution in [0.2, 0.25) is 0 Å². The molecule has 0 aliphatic heterocycles. The van der Waals surface area contributed by atoms with Gasteiger partial charge in [-0.2, -0.15) is 0 Å². The molecule has 0 saturated carbocycles. The molecule has 0 aliphatic carbocycles. The van der Waals surface area contributed by atoms with Crippen LogP contribution in [0.4, 0.5) is 5.69 Å². The van der Waals surface area contributed by atoms with Gasteiger partial charge in [-0.05, 0) is 48.6 Å². The van der Waals surface area contributed by atoms with Crippen molar-refractivity contribution in [3.63, 3.8) is 0 Å². The molecule has 1 aromatic carbocycles. The first-order valence-electron chi connectivity index (χ1n) is 7.58. The van der Waals surface area contributed by atoms with E-state index in [1.807, 2.05) is 24.3 Å². The molecule has 0 spiro atoms. The highest BCUT2D eigenvalue weighted by molar-refractivity contribution is 5.92. The van der Waals surface area contributed by atoms with Crippen molar-refractivity contribution < 1.29 is 9.53 Å². The number of carbonyl (C=O) groups excluding carboxylic acids is 1. The van der Waals surface area contributed by atoms with Crippen molar-refractivity contribution in [3.8, 4) is 5.75 Å². The molecule has 4 nitrogen and oxygen atoms in total. The monoisotopic (exact) mass is 292 g/mol. The average molecular weight is 292 g/mol. The predicted molar refractivity (Wildman–Crippen MR) is 87.7 cm³/mol. The first kappa shape index (κ1) is 17.5. The minimum Gasteiger partial charge on any atom is -0.497 e. The Kier molecular flexibility index (Phi) is 7.23. The molecular formula is C17H28N2O2. The highest BCUT2D eigenvalue weighted by Crippen LogP contribution is 2.19. The zero-order valence-corrected chi connectivity index (χ0v) is 13.8. The lowest BCUT2D eigenvalue weighted by molar-refractivity contribution is -0.115. The molecule has 4 heteroatoms. The molecule has 1 aromatic rings. The Morgan fingerprint density at radius 1 is 1.10 bits per heavy atom. The molecule has 0 unspecified atom stereocenters. The first-order chi connectivity index (χ1) is 9.93. The molecule has 0 fully saturated rings. The van der Waals surface area contributed by atoms with Gasteiger partial charge in [0.2, 0.25) is 5.91 Å². The molecule has 2 N–H and O–H groups in total. The van der Waals surface area contributed by atoms with Gasteiger partial charge in [0.05, 0.1) is 13.7 Å². The standard InChI is InChI=1S/C17H28N2O2/c1-12(2)16(13(3)4)10-18-11-17(20)19-14-6-8-15(21-5)9-7-14/h6-9,12-13,16,18H,10-11H2,1-5H3,(H,19,20). The lowest BCUT2D eigenvalue weighted by Crippen LogP contribution is -2.35. The maximum Gasteiger partial charge on any atom is 0.238 e. The van der Waals surface area contributed by atoms with E-state index in [2.05, 4.69) is 38.3 Å². The van der Waals surface area contributed by atoms with Gasteiger partial charge in [-0.25, -0.2) is 0 Å². The highest BCUT2D eigenvalue weighted by atomic mass is 16.5. The van der Waals surface area contributed by atoms with Crippen LogP contribution in [-0.2, 0) is 4.79 Å². The van der Waals surface area contributed by atoms with Crippen molar-refractivity contribution in [1.82, 2.24) is 5.32 Å². The van der Waals surface area contributed by atoms with Gasteiger partial charge in [0.25, 0.3) is 0 Å². The molecule has 0 bridgehead atoms. The Morgan fingerprint density at radius 2 is 1.67 bits per heavy atom. The van der Waals surface area contributed by atoms with E-state index in [1.54, 1.807) is 7.11 Å². The Bertz CT molecular complexity index is 419. The fourth-order valence-corrected chi connectivity index (χ4v) is 2.47. The van der Waals surface area contributed by atoms with E-state index in [-0.39, 0.29) is 5.91 Å². The van der Waals surface area contributed by atoms with E-state index < -0.39 is 0 Å². The van der Waals surface area contributed by atoms with Crippen molar-refractivity contribution in [2.75, 3.05) is 25.5 Å². The smallest absolute Gasteiger partial charge is 0.238 e. The van der Waals surface area contributed by atoms with E-state index >= 15 is 0 Å². The minimum atomic E-state index is -0.0218. The Morgan fingerprint density at radius 3 is 2.14 bits per heavy atom. The summed E-state index contributed by atoms with van der Waals surface area (Å²) in [5, 5.41) is 6.12. The van der Waals surface area contributed by atoms with Crippen LogP contribution in [0, 0.1) is 17.8 Å². The SMILES string of the molecule is COc1ccc(NC(=O)CNCC(C(C)C)C(C)C)cc1. The van der Waals surface area contributed by atoms with Crippen LogP contribution >= 0.6 is 0 Å². The topological polar surface area (TPSA) is 50.4 Å². The van der Waals surface area contributed by atoms with Crippen LogP contribution in [0.3, 0.4) is 0 Å². The van der Waals surface area contributed by atoms with Crippen LogP contribution in [0.1, 0.15) is 27.7 Å². The van der Waals surface area contributed by atoms with E-state index in [4.69, 9.17) is 4.74 Å². The van der Waals surface area contributed by atoms with Gasteiger partial charge in [-0.1, -0.05) is 27.7 Å². The molecule has 0 aromatic heterocycles. The van der Waals surface area contributed by atoms with Gasteiger partial charge >= 0.3 is 0 Å². The normalized spacial score (nSPS) is 11.2. The van der Waals surface area contributed by atoms with Gasteiger partial charge in [-0.3, -0.25) is 4.79 Å². The number of amides is 1. The van der Waals surface area contributed by atoms with Crippen molar-refractivity contribution in [2.24, 2.45) is 17.8 Å². The predicted octanol–water partition coefficient (Wildman–Crippen LogP) is 3.15. The van der Waals surface area contributed by atoms with E-state index in [1.165, 1.54) is 0 Å². The quantitative estimate of drug-likeness (QED) is 0.774. The fourth-order valence-electron chi connectivity index (χ4n) is 2.47. The van der Waals surface area contributed by atoms with Crippen LogP contribution in [0.5, 0.6) is 5.75 Å². The summed E-state index contributed by atoms with van der Waals surface area (Å²) in [6, 6.07) is 7.33. The number of ether oxygens (including phenoxy) is 1. The zero-order valence-electron chi connectivity index (χ0n) is 13.8. The molecule has 118 valence electrons. The maximum atomic E-state index is 11.9. The highest BCUT2D eigenvalue weighted by Gasteiger charge is 2.17. The number of nitrogens with one attached hydrogen (secondary N) is 2. The van der Waals surface area contributed by atoms with Crippen molar-refractivity contribution >= 4 is 11.6 Å². The Hall–Kier alpha value is -1.55. The third-order valence-corrected chi connectivity index (χ3v) is 3.75. The molecule has 1 amide bonds. The van der Waals surface area contributed by atoms with Crippen molar-refractivity contribution in [3.05, 3.63) is 24.3 Å². The summed E-state index contributed by atoms with van der Waals surface area (Å²) in [6.07, 6.45) is 0.